The van der Waals surface area contributed by atoms with Crippen molar-refractivity contribution < 1.29 is 17.0 Å². The lowest BCUT2D eigenvalue weighted by atomic mass is 10.1. The zero-order valence-corrected chi connectivity index (χ0v) is 8.52. The van der Waals surface area contributed by atoms with E-state index in [0.717, 1.165) is 6.54 Å². The van der Waals surface area contributed by atoms with E-state index in [1.807, 2.05) is 0 Å². The van der Waals surface area contributed by atoms with E-state index >= 15 is 0 Å². The van der Waals surface area contributed by atoms with Crippen molar-refractivity contribution in [3.63, 3.8) is 0 Å². The lowest BCUT2D eigenvalue weighted by molar-refractivity contribution is -0.584. The van der Waals surface area contributed by atoms with E-state index in [9.17, 15) is 0 Å². The van der Waals surface area contributed by atoms with Crippen LogP contribution in [0, 0.1) is 0 Å². The van der Waals surface area contributed by atoms with Crippen LogP contribution in [-0.2, 0) is 0 Å². The molecular formula is C8H17ClN2. The fraction of sp³-hybridized carbons (Fsp3) is 0.875. The molecule has 0 aromatic heterocycles. The average Bonchev–Trinajstić information content (AvgIpc) is 2.11. The molecule has 66 valence electrons. The summed E-state index contributed by atoms with van der Waals surface area (Å²) >= 11 is 0. The maximum Gasteiger partial charge on any atom is 0.234 e. The SMILES string of the molecule is CN1C=[N+](C(C)(C)C)CC1.[Cl-]. The van der Waals surface area contributed by atoms with Crippen molar-refractivity contribution in [3.8, 4) is 0 Å². The highest BCUT2D eigenvalue weighted by Crippen LogP contribution is 2.08. The Hall–Kier alpha value is -0.240. The first kappa shape index (κ1) is 10.8. The highest BCUT2D eigenvalue weighted by Gasteiger charge is 2.25. The molecule has 2 nitrogen and oxygen atoms in total. The van der Waals surface area contributed by atoms with Crippen LogP contribution in [0.1, 0.15) is 20.8 Å². The molecule has 0 radical (unpaired) electrons. The predicted molar refractivity (Wildman–Crippen MR) is 43.6 cm³/mol. The van der Waals surface area contributed by atoms with Gasteiger partial charge < -0.3 is 12.4 Å². The molecule has 0 atom stereocenters. The maximum absolute atomic E-state index is 2.37. The van der Waals surface area contributed by atoms with Crippen LogP contribution in [0.4, 0.5) is 0 Å². The fourth-order valence-corrected chi connectivity index (χ4v) is 1.13. The summed E-state index contributed by atoms with van der Waals surface area (Å²) in [6.45, 7) is 9.05. The number of nitrogens with zero attached hydrogens (tertiary/aromatic N) is 2. The molecule has 0 unspecified atom stereocenters. The molecule has 0 amide bonds. The third-order valence-electron chi connectivity index (χ3n) is 1.89. The van der Waals surface area contributed by atoms with E-state index in [4.69, 9.17) is 0 Å². The fourth-order valence-electron chi connectivity index (χ4n) is 1.13. The summed E-state index contributed by atoms with van der Waals surface area (Å²) in [5.41, 5.74) is 0.296. The predicted octanol–water partition coefficient (Wildman–Crippen LogP) is -2.22. The third kappa shape index (κ3) is 2.70. The smallest absolute Gasteiger partial charge is 0.234 e. The Kier molecular flexibility index (Phi) is 3.36. The topological polar surface area (TPSA) is 6.25 Å². The van der Waals surface area contributed by atoms with E-state index < -0.39 is 0 Å². The van der Waals surface area contributed by atoms with Gasteiger partial charge in [0.25, 0.3) is 0 Å². The molecule has 1 aliphatic rings. The summed E-state index contributed by atoms with van der Waals surface area (Å²) in [5, 5.41) is 0. The summed E-state index contributed by atoms with van der Waals surface area (Å²) in [6.07, 6.45) is 2.19. The maximum atomic E-state index is 2.37. The van der Waals surface area contributed by atoms with Crippen LogP contribution < -0.4 is 12.4 Å². The average molecular weight is 177 g/mol. The van der Waals surface area contributed by atoms with E-state index in [2.05, 4.69) is 43.6 Å². The third-order valence-corrected chi connectivity index (χ3v) is 1.89. The van der Waals surface area contributed by atoms with E-state index in [1.54, 1.807) is 0 Å². The van der Waals surface area contributed by atoms with Gasteiger partial charge in [-0.05, 0) is 20.8 Å². The van der Waals surface area contributed by atoms with Gasteiger partial charge in [-0.1, -0.05) is 0 Å². The molecule has 1 aliphatic heterocycles. The first-order valence-corrected chi connectivity index (χ1v) is 3.82. The van der Waals surface area contributed by atoms with Crippen molar-refractivity contribution >= 4 is 6.34 Å². The Balaban J connectivity index is 0.000001000. The highest BCUT2D eigenvalue weighted by atomic mass is 35.5. The number of hydrogen-bond acceptors (Lipinski definition) is 1. The minimum absolute atomic E-state index is 0. The Morgan fingerprint density at radius 3 is 2.09 bits per heavy atom. The summed E-state index contributed by atoms with van der Waals surface area (Å²) < 4.78 is 2.37. The van der Waals surface area contributed by atoms with Crippen molar-refractivity contribution in [2.45, 2.75) is 26.3 Å². The highest BCUT2D eigenvalue weighted by molar-refractivity contribution is 5.49. The molecule has 0 saturated carbocycles. The lowest BCUT2D eigenvalue weighted by Crippen LogP contribution is -3.00. The first-order valence-electron chi connectivity index (χ1n) is 3.82. The van der Waals surface area contributed by atoms with Crippen LogP contribution in [0.2, 0.25) is 0 Å². The molecule has 1 heterocycles. The zero-order chi connectivity index (χ0) is 7.78. The normalized spacial score (nSPS) is 17.8. The van der Waals surface area contributed by atoms with Crippen molar-refractivity contribution in [3.05, 3.63) is 0 Å². The van der Waals surface area contributed by atoms with Gasteiger partial charge in [-0.15, -0.1) is 0 Å². The molecular weight excluding hydrogens is 160 g/mol. The van der Waals surface area contributed by atoms with Crippen molar-refractivity contribution in [2.24, 2.45) is 0 Å². The van der Waals surface area contributed by atoms with Crippen LogP contribution >= 0.6 is 0 Å². The molecule has 0 saturated heterocycles. The van der Waals surface area contributed by atoms with Gasteiger partial charge in [-0.3, -0.25) is 9.48 Å². The van der Waals surface area contributed by atoms with Gasteiger partial charge >= 0.3 is 0 Å². The van der Waals surface area contributed by atoms with Gasteiger partial charge in [-0.2, -0.15) is 0 Å². The molecule has 0 aromatic rings. The Morgan fingerprint density at radius 2 is 1.91 bits per heavy atom. The van der Waals surface area contributed by atoms with Gasteiger partial charge in [0.2, 0.25) is 6.34 Å². The largest absolute Gasteiger partial charge is 1.00 e. The number of rotatable bonds is 0. The van der Waals surface area contributed by atoms with E-state index in [1.165, 1.54) is 6.54 Å². The quantitative estimate of drug-likeness (QED) is 0.379. The molecule has 0 aromatic carbocycles. The van der Waals surface area contributed by atoms with Crippen molar-refractivity contribution in [2.75, 3.05) is 20.1 Å². The minimum atomic E-state index is 0. The lowest BCUT2D eigenvalue weighted by Gasteiger charge is -2.17. The zero-order valence-electron chi connectivity index (χ0n) is 7.76. The molecule has 0 bridgehead atoms. The van der Waals surface area contributed by atoms with Gasteiger partial charge in [0.15, 0.2) is 0 Å². The second kappa shape index (κ2) is 3.44. The number of likely N-dealkylation sites (N-methyl/N-ethyl adjacent to an activating group) is 1. The summed E-state index contributed by atoms with van der Waals surface area (Å²) in [6, 6.07) is 0. The standard InChI is InChI=1S/C8H17N2.ClH/c1-8(2,3)10-6-5-9(4)7-10;/h7H,5-6H2,1-4H3;1H/q+1;/p-1. The number of halogens is 1. The molecule has 11 heavy (non-hydrogen) atoms. The molecule has 0 aliphatic carbocycles. The summed E-state index contributed by atoms with van der Waals surface area (Å²) in [7, 11) is 2.12. The molecule has 0 spiro atoms. The molecule has 1 rings (SSSR count). The van der Waals surface area contributed by atoms with Crippen LogP contribution in [0.5, 0.6) is 0 Å². The monoisotopic (exact) mass is 176 g/mol. The Labute approximate surface area is 75.3 Å². The molecule has 0 fully saturated rings. The van der Waals surface area contributed by atoms with Gasteiger partial charge in [0, 0.05) is 0 Å². The minimum Gasteiger partial charge on any atom is -1.00 e. The van der Waals surface area contributed by atoms with Crippen molar-refractivity contribution in [1.82, 2.24) is 4.90 Å². The Morgan fingerprint density at radius 1 is 1.36 bits per heavy atom. The van der Waals surface area contributed by atoms with Crippen LogP contribution in [0.3, 0.4) is 0 Å². The van der Waals surface area contributed by atoms with Gasteiger partial charge in [0.1, 0.15) is 13.1 Å². The Bertz CT molecular complexity index is 158. The second-order valence-corrected chi connectivity index (χ2v) is 3.96. The molecule has 3 heteroatoms. The summed E-state index contributed by atoms with van der Waals surface area (Å²) in [5.74, 6) is 0. The van der Waals surface area contributed by atoms with E-state index in [-0.39, 0.29) is 12.4 Å². The molecule has 0 N–H and O–H groups in total. The number of hydrogen-bond donors (Lipinski definition) is 0. The van der Waals surface area contributed by atoms with E-state index in [0.29, 0.717) is 5.54 Å². The van der Waals surface area contributed by atoms with Gasteiger partial charge in [-0.25, -0.2) is 0 Å². The van der Waals surface area contributed by atoms with Gasteiger partial charge in [0.05, 0.1) is 12.6 Å². The van der Waals surface area contributed by atoms with Crippen LogP contribution in [-0.4, -0.2) is 41.5 Å². The van der Waals surface area contributed by atoms with Crippen molar-refractivity contribution in [1.29, 1.82) is 0 Å². The van der Waals surface area contributed by atoms with Crippen LogP contribution in [0.15, 0.2) is 0 Å². The summed E-state index contributed by atoms with van der Waals surface area (Å²) in [4.78, 5) is 2.23. The second-order valence-electron chi connectivity index (χ2n) is 3.96. The van der Waals surface area contributed by atoms with Crippen LogP contribution in [0.25, 0.3) is 0 Å². The first-order chi connectivity index (χ1) is 4.50.